The SMILES string of the molecule is Fc1ccc(-c2ccc3ccc4ccc(-c5cc(F)cc(-c6ccc7ccc8ccc(-c9ccccc9)nc8c7n6)c5)nc4c3n2)cc1. The topological polar surface area (TPSA) is 51.6 Å². The van der Waals surface area contributed by atoms with Crippen molar-refractivity contribution in [2.45, 2.75) is 0 Å². The summed E-state index contributed by atoms with van der Waals surface area (Å²) >= 11 is 0. The van der Waals surface area contributed by atoms with Crippen LogP contribution in [-0.4, -0.2) is 19.9 Å². The van der Waals surface area contributed by atoms with E-state index in [4.69, 9.17) is 19.9 Å². The fourth-order valence-electron chi connectivity index (χ4n) is 6.29. The molecule has 5 aromatic carbocycles. The van der Waals surface area contributed by atoms with Gasteiger partial charge in [-0.2, -0.15) is 0 Å². The predicted octanol–water partition coefficient (Wildman–Crippen LogP) is 10.8. The molecule has 0 radical (unpaired) electrons. The van der Waals surface area contributed by atoms with Crippen molar-refractivity contribution < 1.29 is 8.78 Å². The molecule has 6 heteroatoms. The number of rotatable bonds is 4. The predicted molar refractivity (Wildman–Crippen MR) is 189 cm³/mol. The van der Waals surface area contributed by atoms with Crippen molar-refractivity contribution in [1.82, 2.24) is 19.9 Å². The van der Waals surface area contributed by atoms with Crippen molar-refractivity contribution in [1.29, 1.82) is 0 Å². The number of halogens is 2. The molecule has 0 aliphatic rings. The van der Waals surface area contributed by atoms with Gasteiger partial charge < -0.3 is 0 Å². The second-order valence-corrected chi connectivity index (χ2v) is 11.8. The molecule has 9 aromatic rings. The van der Waals surface area contributed by atoms with Crippen LogP contribution in [0.3, 0.4) is 0 Å². The summed E-state index contributed by atoms with van der Waals surface area (Å²) < 4.78 is 28.9. The van der Waals surface area contributed by atoms with Gasteiger partial charge in [-0.3, -0.25) is 0 Å². The normalized spacial score (nSPS) is 11.5. The molecule has 48 heavy (non-hydrogen) atoms. The number of hydrogen-bond acceptors (Lipinski definition) is 4. The lowest BCUT2D eigenvalue weighted by Gasteiger charge is -2.11. The van der Waals surface area contributed by atoms with Crippen LogP contribution in [0.5, 0.6) is 0 Å². The van der Waals surface area contributed by atoms with Gasteiger partial charge in [0.15, 0.2) is 0 Å². The van der Waals surface area contributed by atoms with Gasteiger partial charge in [-0.15, -0.1) is 0 Å². The van der Waals surface area contributed by atoms with E-state index in [1.54, 1.807) is 12.1 Å². The van der Waals surface area contributed by atoms with Crippen LogP contribution < -0.4 is 0 Å². The highest BCUT2D eigenvalue weighted by Crippen LogP contribution is 2.33. The average Bonchev–Trinajstić information content (AvgIpc) is 3.14. The van der Waals surface area contributed by atoms with E-state index in [1.165, 1.54) is 24.3 Å². The number of benzene rings is 5. The lowest BCUT2D eigenvalue weighted by atomic mass is 10.0. The fraction of sp³-hybridized carbons (Fsp3) is 0. The first-order chi connectivity index (χ1) is 23.6. The average molecular weight is 623 g/mol. The summed E-state index contributed by atoms with van der Waals surface area (Å²) in [4.78, 5) is 20.0. The van der Waals surface area contributed by atoms with E-state index in [-0.39, 0.29) is 11.6 Å². The van der Waals surface area contributed by atoms with Gasteiger partial charge in [-0.05, 0) is 66.7 Å². The van der Waals surface area contributed by atoms with E-state index in [2.05, 4.69) is 6.07 Å². The van der Waals surface area contributed by atoms with Crippen molar-refractivity contribution >= 4 is 43.6 Å². The Kier molecular flexibility index (Phi) is 6.47. The van der Waals surface area contributed by atoms with Gasteiger partial charge in [0.1, 0.15) is 11.6 Å². The van der Waals surface area contributed by atoms with E-state index >= 15 is 4.39 Å². The van der Waals surface area contributed by atoms with E-state index < -0.39 is 0 Å². The zero-order valence-electron chi connectivity index (χ0n) is 25.4. The van der Waals surface area contributed by atoms with Crippen molar-refractivity contribution in [3.05, 3.63) is 157 Å². The number of aromatic nitrogens is 4. The molecule has 0 bridgehead atoms. The fourth-order valence-corrected chi connectivity index (χ4v) is 6.29. The second-order valence-electron chi connectivity index (χ2n) is 11.8. The van der Waals surface area contributed by atoms with E-state index in [1.807, 2.05) is 103 Å². The van der Waals surface area contributed by atoms with Crippen LogP contribution in [0.15, 0.2) is 146 Å². The third-order valence-electron chi connectivity index (χ3n) is 8.74. The summed E-state index contributed by atoms with van der Waals surface area (Å²) in [6.45, 7) is 0. The van der Waals surface area contributed by atoms with Gasteiger partial charge in [0.25, 0.3) is 0 Å². The highest BCUT2D eigenvalue weighted by molar-refractivity contribution is 6.05. The van der Waals surface area contributed by atoms with Crippen LogP contribution in [-0.2, 0) is 0 Å². The molecule has 0 aliphatic heterocycles. The van der Waals surface area contributed by atoms with Crippen LogP contribution in [0.4, 0.5) is 8.78 Å². The Bertz CT molecular complexity index is 2690. The largest absolute Gasteiger partial charge is 0.245 e. The zero-order valence-corrected chi connectivity index (χ0v) is 25.4. The van der Waals surface area contributed by atoms with Gasteiger partial charge >= 0.3 is 0 Å². The van der Waals surface area contributed by atoms with Crippen molar-refractivity contribution in [3.8, 4) is 45.0 Å². The van der Waals surface area contributed by atoms with Gasteiger partial charge in [-0.25, -0.2) is 28.7 Å². The molecule has 0 spiro atoms. The molecule has 0 fully saturated rings. The third kappa shape index (κ3) is 4.91. The van der Waals surface area contributed by atoms with Crippen LogP contribution in [0.2, 0.25) is 0 Å². The van der Waals surface area contributed by atoms with Crippen LogP contribution in [0.1, 0.15) is 0 Å². The Balaban J connectivity index is 1.16. The minimum Gasteiger partial charge on any atom is -0.245 e. The highest BCUT2D eigenvalue weighted by atomic mass is 19.1. The Morgan fingerprint density at radius 1 is 0.292 bits per heavy atom. The Morgan fingerprint density at radius 2 is 0.646 bits per heavy atom. The molecule has 0 aliphatic carbocycles. The Labute approximate surface area is 274 Å². The lowest BCUT2D eigenvalue weighted by molar-refractivity contribution is 0.628. The Hall–Kier alpha value is -6.40. The van der Waals surface area contributed by atoms with Gasteiger partial charge in [0, 0.05) is 43.8 Å². The van der Waals surface area contributed by atoms with Gasteiger partial charge in [0.05, 0.1) is 44.8 Å². The number of nitrogens with zero attached hydrogens (tertiary/aromatic N) is 4. The summed E-state index contributed by atoms with van der Waals surface area (Å²) in [7, 11) is 0. The molecular weight excluding hydrogens is 598 g/mol. The molecule has 226 valence electrons. The van der Waals surface area contributed by atoms with E-state index in [9.17, 15) is 4.39 Å². The molecule has 0 saturated carbocycles. The first-order valence-electron chi connectivity index (χ1n) is 15.6. The molecule has 0 unspecified atom stereocenters. The zero-order chi connectivity index (χ0) is 32.2. The standard InChI is InChI=1S/C42H24F2N4/c43-33-16-10-26(11-17-33)36-19-13-28-7-9-30-15-21-38(48-42(30)40(28)46-36)32-22-31(23-34(44)24-32)37-20-14-29-8-6-27-12-18-35(25-4-2-1-3-5-25)45-39(27)41(29)47-37/h1-24H. The molecule has 4 nitrogen and oxygen atoms in total. The summed E-state index contributed by atoms with van der Waals surface area (Å²) in [5.74, 6) is -0.685. The maximum absolute atomic E-state index is 15.3. The number of hydrogen-bond donors (Lipinski definition) is 0. The lowest BCUT2D eigenvalue weighted by Crippen LogP contribution is -1.93. The molecular formula is C42H24F2N4. The van der Waals surface area contributed by atoms with Crippen molar-refractivity contribution in [3.63, 3.8) is 0 Å². The van der Waals surface area contributed by atoms with Gasteiger partial charge in [-0.1, -0.05) is 78.9 Å². The molecule has 0 atom stereocenters. The first kappa shape index (κ1) is 27.9. The molecule has 0 N–H and O–H groups in total. The highest BCUT2D eigenvalue weighted by Gasteiger charge is 2.13. The Morgan fingerprint density at radius 3 is 1.06 bits per heavy atom. The van der Waals surface area contributed by atoms with Crippen LogP contribution >= 0.6 is 0 Å². The van der Waals surface area contributed by atoms with E-state index in [0.717, 1.165) is 60.6 Å². The monoisotopic (exact) mass is 622 g/mol. The summed E-state index contributed by atoms with van der Waals surface area (Å²) in [6, 6.07) is 45.1. The maximum Gasteiger partial charge on any atom is 0.124 e. The molecule has 9 rings (SSSR count). The molecule has 0 saturated heterocycles. The maximum atomic E-state index is 15.3. The summed E-state index contributed by atoms with van der Waals surface area (Å²) in [5.41, 5.74) is 8.92. The number of fused-ring (bicyclic) bond motifs is 6. The molecule has 4 aromatic heterocycles. The summed E-state index contributed by atoms with van der Waals surface area (Å²) in [5, 5.41) is 3.78. The molecule has 0 amide bonds. The number of pyridine rings is 4. The smallest absolute Gasteiger partial charge is 0.124 e. The van der Waals surface area contributed by atoms with Crippen molar-refractivity contribution in [2.75, 3.05) is 0 Å². The second kappa shape index (κ2) is 11.1. The minimum atomic E-state index is -0.386. The van der Waals surface area contributed by atoms with Gasteiger partial charge in [0.2, 0.25) is 0 Å². The van der Waals surface area contributed by atoms with E-state index in [0.29, 0.717) is 28.0 Å². The first-order valence-corrected chi connectivity index (χ1v) is 15.6. The molecule has 4 heterocycles. The van der Waals surface area contributed by atoms with Crippen molar-refractivity contribution in [2.24, 2.45) is 0 Å². The third-order valence-corrected chi connectivity index (χ3v) is 8.74. The minimum absolute atomic E-state index is 0.299. The quantitative estimate of drug-likeness (QED) is 0.183. The van der Waals surface area contributed by atoms with Crippen LogP contribution in [0, 0.1) is 11.6 Å². The summed E-state index contributed by atoms with van der Waals surface area (Å²) in [6.07, 6.45) is 0. The van der Waals surface area contributed by atoms with Crippen LogP contribution in [0.25, 0.3) is 88.6 Å².